The zero-order valence-corrected chi connectivity index (χ0v) is 16.6. The molecule has 0 fully saturated rings. The normalized spacial score (nSPS) is 11.8. The van der Waals surface area contributed by atoms with Gasteiger partial charge in [-0.15, -0.1) is 0 Å². The van der Waals surface area contributed by atoms with E-state index in [1.54, 1.807) is 6.92 Å². The molecule has 0 aliphatic carbocycles. The summed E-state index contributed by atoms with van der Waals surface area (Å²) in [5, 5.41) is 4.86. The number of fused-ring (bicyclic) bond motifs is 1. The fourth-order valence-corrected chi connectivity index (χ4v) is 3.07. The van der Waals surface area contributed by atoms with E-state index in [4.69, 9.17) is 9.15 Å². The Morgan fingerprint density at radius 2 is 1.67 bits per heavy atom. The van der Waals surface area contributed by atoms with E-state index in [1.807, 2.05) is 72.8 Å². The van der Waals surface area contributed by atoms with E-state index in [1.165, 1.54) is 6.92 Å². The van der Waals surface area contributed by atoms with Crippen molar-refractivity contribution in [2.75, 3.05) is 5.32 Å². The van der Waals surface area contributed by atoms with Gasteiger partial charge >= 0.3 is 5.97 Å². The van der Waals surface area contributed by atoms with Gasteiger partial charge in [0.05, 0.1) is 0 Å². The Hall–Kier alpha value is -3.93. The number of aromatic nitrogens is 1. The number of nitrogens with zero attached hydrogens (tertiary/aromatic N) is 1. The Morgan fingerprint density at radius 1 is 0.967 bits per heavy atom. The van der Waals surface area contributed by atoms with Crippen LogP contribution in [0.25, 0.3) is 22.2 Å². The fourth-order valence-electron chi connectivity index (χ4n) is 3.07. The average Bonchev–Trinajstić information content (AvgIpc) is 3.16. The van der Waals surface area contributed by atoms with Crippen LogP contribution in [0.3, 0.4) is 0 Å². The van der Waals surface area contributed by atoms with Crippen LogP contribution in [0.1, 0.15) is 23.2 Å². The number of hydrogen-bond donors (Lipinski definition) is 1. The van der Waals surface area contributed by atoms with E-state index < -0.39 is 18.0 Å². The number of carbonyl (C=O) groups is 2. The van der Waals surface area contributed by atoms with Crippen molar-refractivity contribution in [1.82, 2.24) is 4.98 Å². The molecule has 30 heavy (non-hydrogen) atoms. The first-order valence-electron chi connectivity index (χ1n) is 9.55. The number of amides is 1. The SMILES string of the molecule is Cc1oc(-c2ccccc2)nc1C(=O)O[C@@H](C)C(=O)Nc1ccc2ccccc2c1. The Balaban J connectivity index is 1.44. The number of carbonyl (C=O) groups excluding carboxylic acids is 2. The van der Waals surface area contributed by atoms with Gasteiger partial charge in [-0.2, -0.15) is 0 Å². The molecule has 0 aliphatic rings. The molecule has 4 rings (SSSR count). The fraction of sp³-hybridized carbons (Fsp3) is 0.125. The molecule has 0 bridgehead atoms. The lowest BCUT2D eigenvalue weighted by Crippen LogP contribution is -2.30. The topological polar surface area (TPSA) is 81.4 Å². The first-order chi connectivity index (χ1) is 14.5. The molecule has 1 aromatic heterocycles. The van der Waals surface area contributed by atoms with Crippen molar-refractivity contribution in [3.8, 4) is 11.5 Å². The summed E-state index contributed by atoms with van der Waals surface area (Å²) in [5.41, 5.74) is 1.44. The minimum Gasteiger partial charge on any atom is -0.448 e. The smallest absolute Gasteiger partial charge is 0.361 e. The van der Waals surface area contributed by atoms with Gasteiger partial charge in [0.15, 0.2) is 11.8 Å². The second-order valence-corrected chi connectivity index (χ2v) is 6.89. The minimum absolute atomic E-state index is 0.0548. The average molecular weight is 400 g/mol. The maximum absolute atomic E-state index is 12.5. The molecule has 6 nitrogen and oxygen atoms in total. The number of anilines is 1. The maximum atomic E-state index is 12.5. The summed E-state index contributed by atoms with van der Waals surface area (Å²) in [4.78, 5) is 29.3. The van der Waals surface area contributed by atoms with Crippen LogP contribution in [0.5, 0.6) is 0 Å². The third-order valence-corrected chi connectivity index (χ3v) is 4.68. The number of benzene rings is 3. The molecule has 0 radical (unpaired) electrons. The third kappa shape index (κ3) is 4.07. The number of rotatable bonds is 5. The number of ether oxygens (including phenoxy) is 1. The van der Waals surface area contributed by atoms with E-state index in [-0.39, 0.29) is 5.69 Å². The molecule has 4 aromatic rings. The van der Waals surface area contributed by atoms with Gasteiger partial charge < -0.3 is 14.5 Å². The molecule has 0 aliphatic heterocycles. The van der Waals surface area contributed by atoms with Crippen LogP contribution < -0.4 is 5.32 Å². The van der Waals surface area contributed by atoms with Crippen molar-refractivity contribution in [2.24, 2.45) is 0 Å². The summed E-state index contributed by atoms with van der Waals surface area (Å²) < 4.78 is 10.9. The van der Waals surface area contributed by atoms with Gasteiger partial charge in [-0.1, -0.05) is 48.5 Å². The molecule has 0 saturated heterocycles. The Bertz CT molecular complexity index is 1210. The van der Waals surface area contributed by atoms with Crippen molar-refractivity contribution in [1.29, 1.82) is 0 Å². The van der Waals surface area contributed by atoms with Crippen LogP contribution in [0.4, 0.5) is 5.69 Å². The molecule has 0 unspecified atom stereocenters. The van der Waals surface area contributed by atoms with Gasteiger partial charge in [-0.25, -0.2) is 9.78 Å². The van der Waals surface area contributed by atoms with E-state index in [0.29, 0.717) is 17.3 Å². The maximum Gasteiger partial charge on any atom is 0.361 e. The summed E-state index contributed by atoms with van der Waals surface area (Å²) in [6.45, 7) is 3.15. The van der Waals surface area contributed by atoms with Crippen LogP contribution in [-0.4, -0.2) is 23.0 Å². The highest BCUT2D eigenvalue weighted by molar-refractivity contribution is 5.98. The van der Waals surface area contributed by atoms with E-state index in [0.717, 1.165) is 16.3 Å². The lowest BCUT2D eigenvalue weighted by Gasteiger charge is -2.13. The number of esters is 1. The van der Waals surface area contributed by atoms with Crippen molar-refractivity contribution in [3.05, 3.63) is 84.3 Å². The molecule has 0 saturated carbocycles. The highest BCUT2D eigenvalue weighted by atomic mass is 16.5. The minimum atomic E-state index is -1.000. The first-order valence-corrected chi connectivity index (χ1v) is 9.55. The molecular weight excluding hydrogens is 380 g/mol. The van der Waals surface area contributed by atoms with Gasteiger partial charge in [0, 0.05) is 11.3 Å². The molecular formula is C24H20N2O4. The second-order valence-electron chi connectivity index (χ2n) is 6.89. The van der Waals surface area contributed by atoms with Gasteiger partial charge in [0.1, 0.15) is 5.76 Å². The molecule has 1 N–H and O–H groups in total. The molecule has 1 amide bonds. The standard InChI is InChI=1S/C24H20N2O4/c1-15-21(26-23(29-15)18-9-4-3-5-10-18)24(28)30-16(2)22(27)25-20-13-12-17-8-6-7-11-19(17)14-20/h3-14,16H,1-2H3,(H,25,27)/t16-/m0/s1. The van der Waals surface area contributed by atoms with Crippen molar-refractivity contribution in [2.45, 2.75) is 20.0 Å². The largest absolute Gasteiger partial charge is 0.448 e. The number of nitrogens with one attached hydrogen (secondary N) is 1. The predicted molar refractivity (Wildman–Crippen MR) is 114 cm³/mol. The zero-order chi connectivity index (χ0) is 21.1. The van der Waals surface area contributed by atoms with Crippen LogP contribution in [0.2, 0.25) is 0 Å². The lowest BCUT2D eigenvalue weighted by molar-refractivity contribution is -0.123. The van der Waals surface area contributed by atoms with E-state index in [9.17, 15) is 9.59 Å². The monoisotopic (exact) mass is 400 g/mol. The molecule has 0 spiro atoms. The summed E-state index contributed by atoms with van der Waals surface area (Å²) in [5.74, 6) is -0.475. The highest BCUT2D eigenvalue weighted by Gasteiger charge is 2.24. The number of hydrogen-bond acceptors (Lipinski definition) is 5. The van der Waals surface area contributed by atoms with Crippen molar-refractivity contribution in [3.63, 3.8) is 0 Å². The Labute approximate surface area is 173 Å². The van der Waals surface area contributed by atoms with Crippen LogP contribution in [0.15, 0.2) is 77.2 Å². The van der Waals surface area contributed by atoms with Gasteiger partial charge in [-0.05, 0) is 48.9 Å². The zero-order valence-electron chi connectivity index (χ0n) is 16.6. The highest BCUT2D eigenvalue weighted by Crippen LogP contribution is 2.23. The van der Waals surface area contributed by atoms with Crippen molar-refractivity contribution >= 4 is 28.3 Å². The quantitative estimate of drug-likeness (QED) is 0.478. The summed E-state index contributed by atoms with van der Waals surface area (Å²) in [6, 6.07) is 22.7. The molecule has 1 atom stereocenters. The summed E-state index contributed by atoms with van der Waals surface area (Å²) in [7, 11) is 0. The van der Waals surface area contributed by atoms with Crippen LogP contribution in [0, 0.1) is 6.92 Å². The molecule has 6 heteroatoms. The second kappa shape index (κ2) is 8.21. The van der Waals surface area contributed by atoms with E-state index in [2.05, 4.69) is 10.3 Å². The van der Waals surface area contributed by atoms with Gasteiger partial charge in [0.2, 0.25) is 5.89 Å². The Morgan fingerprint density at radius 3 is 2.43 bits per heavy atom. The molecule has 150 valence electrons. The van der Waals surface area contributed by atoms with Crippen molar-refractivity contribution < 1.29 is 18.7 Å². The van der Waals surface area contributed by atoms with Gasteiger partial charge in [0.25, 0.3) is 5.91 Å². The molecule has 1 heterocycles. The summed E-state index contributed by atoms with van der Waals surface area (Å²) in [6.07, 6.45) is -1.000. The number of aryl methyl sites for hydroxylation is 1. The van der Waals surface area contributed by atoms with Crippen LogP contribution in [-0.2, 0) is 9.53 Å². The van der Waals surface area contributed by atoms with Crippen LogP contribution >= 0.6 is 0 Å². The molecule has 3 aromatic carbocycles. The predicted octanol–water partition coefficient (Wildman–Crippen LogP) is 4.99. The third-order valence-electron chi connectivity index (χ3n) is 4.68. The number of oxazole rings is 1. The summed E-state index contributed by atoms with van der Waals surface area (Å²) >= 11 is 0. The first kappa shape index (κ1) is 19.4. The van der Waals surface area contributed by atoms with E-state index >= 15 is 0 Å². The lowest BCUT2D eigenvalue weighted by atomic mass is 10.1. The van der Waals surface area contributed by atoms with Gasteiger partial charge in [-0.3, -0.25) is 4.79 Å². The Kier molecular flexibility index (Phi) is 5.30.